The van der Waals surface area contributed by atoms with Gasteiger partial charge in [-0.05, 0) is 82.2 Å². The van der Waals surface area contributed by atoms with Crippen LogP contribution in [0.1, 0.15) is 25.3 Å². The van der Waals surface area contributed by atoms with Gasteiger partial charge in [-0.3, -0.25) is 4.90 Å². The Balaban J connectivity index is 1.44. The first kappa shape index (κ1) is 33.1. The molecule has 1 aliphatic heterocycles. The number of rotatable bonds is 13. The van der Waals surface area contributed by atoms with E-state index in [1.807, 2.05) is 44.2 Å². The van der Waals surface area contributed by atoms with Crippen molar-refractivity contribution in [1.82, 2.24) is 19.6 Å². The second kappa shape index (κ2) is 13.0. The number of aryl methyl sites for hydroxylation is 1. The lowest BCUT2D eigenvalue weighted by Gasteiger charge is -2.52. The van der Waals surface area contributed by atoms with Crippen LogP contribution in [0.2, 0.25) is 10.2 Å². The molecule has 43 heavy (non-hydrogen) atoms. The molecule has 2 aromatic carbocycles. The Kier molecular flexibility index (Phi) is 10.0. The highest BCUT2D eigenvalue weighted by molar-refractivity contribution is 7.89. The quantitative estimate of drug-likeness (QED) is 0.210. The highest BCUT2D eigenvalue weighted by Crippen LogP contribution is 2.43. The molecule has 0 bridgehead atoms. The van der Waals surface area contributed by atoms with Gasteiger partial charge in [-0.15, -0.1) is 0 Å². The van der Waals surface area contributed by atoms with E-state index in [1.165, 1.54) is 12.8 Å². The maximum atomic E-state index is 13.6. The minimum atomic E-state index is -3.82. The molecule has 0 amide bonds. The van der Waals surface area contributed by atoms with Crippen LogP contribution >= 0.6 is 0 Å². The normalized spacial score (nSPS) is 14.8. The molecule has 4 rings (SSSR count). The molecule has 2 heterocycles. The highest BCUT2D eigenvalue weighted by atomic mass is 32.2. The Bertz CT molecular complexity index is 1500. The van der Waals surface area contributed by atoms with Crippen molar-refractivity contribution < 1.29 is 13.2 Å². The van der Waals surface area contributed by atoms with E-state index in [1.54, 1.807) is 24.4 Å². The fraction of sp³-hybridized carbons (Fsp3) is 0.407. The van der Waals surface area contributed by atoms with E-state index in [0.717, 1.165) is 36.6 Å². The van der Waals surface area contributed by atoms with Gasteiger partial charge in [0.05, 0.1) is 52.0 Å². The van der Waals surface area contributed by atoms with Gasteiger partial charge in [0.2, 0.25) is 16.0 Å². The molecular weight excluding hydrogens is 553 g/mol. The van der Waals surface area contributed by atoms with Crippen LogP contribution in [-0.2, 0) is 10.0 Å². The van der Waals surface area contributed by atoms with Gasteiger partial charge in [0.15, 0.2) is 0 Å². The van der Waals surface area contributed by atoms with E-state index >= 15 is 0 Å². The minimum Gasteiger partial charge on any atom is -0.492 e. The first-order valence-corrected chi connectivity index (χ1v) is 16.5. The molecule has 1 saturated heterocycles. The third-order valence-electron chi connectivity index (χ3n) is 8.70. The summed E-state index contributed by atoms with van der Waals surface area (Å²) >= 11 is 0. The summed E-state index contributed by atoms with van der Waals surface area (Å²) < 4.78 is 36.2. The average Bonchev–Trinajstić information content (AvgIpc) is 3.44. The maximum absolute atomic E-state index is 13.6. The predicted molar refractivity (Wildman–Crippen MR) is 193 cm³/mol. The van der Waals surface area contributed by atoms with Gasteiger partial charge < -0.3 is 15.4 Å². The van der Waals surface area contributed by atoms with Gasteiger partial charge in [0.25, 0.3) is 0 Å². The van der Waals surface area contributed by atoms with Gasteiger partial charge in [-0.25, -0.2) is 18.1 Å². The lowest BCUT2D eigenvalue weighted by Crippen LogP contribution is -2.63. The standard InChI is InChI=1S/C27H42B6N6O3S/c1-18-17-34-24(36-19-8-10-21(11-9-19)42-15-14-39-12-3-4-13-39)37-23(18)35-20-6-5-7-22(16-20)43(40,41)38-25(2,26(28,29)30)27(31,32)33/h5-11,16-17,38H,3-4,12-15,28-33H2,1-2H3,(H2,34,35,36,37). The van der Waals surface area contributed by atoms with E-state index in [9.17, 15) is 8.42 Å². The molecule has 3 aromatic rings. The van der Waals surface area contributed by atoms with Crippen LogP contribution in [-0.4, -0.2) is 102 Å². The Hall–Kier alpha value is -2.82. The molecule has 16 heteroatoms. The molecule has 0 atom stereocenters. The highest BCUT2D eigenvalue weighted by Gasteiger charge is 2.48. The molecule has 9 nitrogen and oxygen atoms in total. The number of ether oxygens (including phenoxy) is 1. The number of aromatic nitrogens is 2. The van der Waals surface area contributed by atoms with Gasteiger partial charge in [-0.2, -0.15) is 4.98 Å². The van der Waals surface area contributed by atoms with Crippen LogP contribution in [0.4, 0.5) is 23.1 Å². The second-order valence-electron chi connectivity index (χ2n) is 13.7. The number of hydrogen-bond acceptors (Lipinski definition) is 8. The van der Waals surface area contributed by atoms with Crippen molar-refractivity contribution in [3.63, 3.8) is 0 Å². The SMILES string of the molecule is BC(B)(B)C(C)(NS(=O)(=O)c1cccc(Nc2nc(Nc3ccc(OCCN4CCCC4)cc3)ncc2C)c1)C(B)(B)B. The van der Waals surface area contributed by atoms with Crippen LogP contribution in [0, 0.1) is 6.92 Å². The van der Waals surface area contributed by atoms with Gasteiger partial charge >= 0.3 is 0 Å². The summed E-state index contributed by atoms with van der Waals surface area (Å²) in [6.07, 6.45) is 4.28. The predicted octanol–water partition coefficient (Wildman–Crippen LogP) is -1.27. The molecule has 1 aliphatic rings. The Morgan fingerprint density at radius 3 is 2.21 bits per heavy atom. The average molecular weight is 596 g/mol. The smallest absolute Gasteiger partial charge is 0.241 e. The number of hydrogen-bond donors (Lipinski definition) is 3. The zero-order valence-corrected chi connectivity index (χ0v) is 27.7. The summed E-state index contributed by atoms with van der Waals surface area (Å²) in [5, 5.41) is 5.88. The lowest BCUT2D eigenvalue weighted by molar-refractivity contribution is 0.238. The van der Waals surface area contributed by atoms with Crippen molar-refractivity contribution in [3.05, 3.63) is 60.3 Å². The summed E-state index contributed by atoms with van der Waals surface area (Å²) in [5.41, 5.74) is 1.57. The Morgan fingerprint density at radius 2 is 1.58 bits per heavy atom. The Labute approximate surface area is 262 Å². The summed E-state index contributed by atoms with van der Waals surface area (Å²) in [4.78, 5) is 11.7. The fourth-order valence-corrected chi connectivity index (χ4v) is 7.14. The number of sulfonamides is 1. The van der Waals surface area contributed by atoms with Crippen molar-refractivity contribution >= 4 is 80.2 Å². The molecule has 222 valence electrons. The van der Waals surface area contributed by atoms with Crippen LogP contribution in [0.3, 0.4) is 0 Å². The van der Waals surface area contributed by atoms with Gasteiger partial charge in [0.1, 0.15) is 18.2 Å². The maximum Gasteiger partial charge on any atom is 0.241 e. The third-order valence-corrected chi connectivity index (χ3v) is 10.3. The summed E-state index contributed by atoms with van der Waals surface area (Å²) in [7, 11) is 8.52. The van der Waals surface area contributed by atoms with Crippen LogP contribution in [0.15, 0.2) is 59.6 Å². The summed E-state index contributed by atoms with van der Waals surface area (Å²) in [6.45, 7) is 7.83. The van der Waals surface area contributed by atoms with Crippen molar-refractivity contribution in [3.8, 4) is 5.75 Å². The van der Waals surface area contributed by atoms with E-state index in [0.29, 0.717) is 24.1 Å². The molecule has 0 unspecified atom stereocenters. The molecule has 3 N–H and O–H groups in total. The number of likely N-dealkylation sites (tertiary alicyclic amines) is 1. The van der Waals surface area contributed by atoms with E-state index in [4.69, 9.17) is 4.74 Å². The van der Waals surface area contributed by atoms with Crippen molar-refractivity contribution in [2.24, 2.45) is 0 Å². The van der Waals surface area contributed by atoms with E-state index < -0.39 is 15.6 Å². The van der Waals surface area contributed by atoms with Crippen molar-refractivity contribution in [2.75, 3.05) is 36.9 Å². The monoisotopic (exact) mass is 596 g/mol. The molecule has 0 radical (unpaired) electrons. The Morgan fingerprint density at radius 1 is 0.930 bits per heavy atom. The third kappa shape index (κ3) is 8.22. The molecular formula is C27H42B6N6O3S. The molecule has 1 fully saturated rings. The van der Waals surface area contributed by atoms with E-state index in [2.05, 4.69) is 77.3 Å². The summed E-state index contributed by atoms with van der Waals surface area (Å²) in [5.74, 6) is 1.83. The van der Waals surface area contributed by atoms with Crippen LogP contribution < -0.4 is 20.1 Å². The number of nitrogens with one attached hydrogen (secondary N) is 3. The van der Waals surface area contributed by atoms with Crippen LogP contribution in [0.5, 0.6) is 5.75 Å². The number of benzene rings is 2. The zero-order valence-electron chi connectivity index (χ0n) is 26.9. The van der Waals surface area contributed by atoms with E-state index in [-0.39, 0.29) is 15.1 Å². The van der Waals surface area contributed by atoms with Gasteiger partial charge in [0, 0.05) is 35.2 Å². The summed E-state index contributed by atoms with van der Waals surface area (Å²) in [6, 6.07) is 14.5. The second-order valence-corrected chi connectivity index (χ2v) is 15.3. The zero-order chi connectivity index (χ0) is 31.5. The van der Waals surface area contributed by atoms with Crippen molar-refractivity contribution in [2.45, 2.75) is 47.3 Å². The number of nitrogens with zero attached hydrogens (tertiary/aromatic N) is 3. The topological polar surface area (TPSA) is 108 Å². The minimum absolute atomic E-state index is 0.185. The lowest BCUT2D eigenvalue weighted by atomic mass is 9.22. The fourth-order valence-electron chi connectivity index (χ4n) is 5.33. The van der Waals surface area contributed by atoms with Gasteiger partial charge in [-0.1, -0.05) is 16.3 Å². The largest absolute Gasteiger partial charge is 0.492 e. The molecule has 0 spiro atoms. The molecule has 0 saturated carbocycles. The first-order chi connectivity index (χ1) is 20.1. The number of anilines is 4. The molecule has 1 aromatic heterocycles. The molecule has 0 aliphatic carbocycles. The van der Waals surface area contributed by atoms with Crippen LogP contribution in [0.25, 0.3) is 0 Å². The first-order valence-electron chi connectivity index (χ1n) is 15.0. The van der Waals surface area contributed by atoms with Crippen molar-refractivity contribution in [1.29, 1.82) is 0 Å².